The largest absolute Gasteiger partial charge is 0.348 e. The van der Waals surface area contributed by atoms with E-state index in [-0.39, 0.29) is 11.7 Å². The van der Waals surface area contributed by atoms with Crippen molar-refractivity contribution in [2.45, 2.75) is 39.3 Å². The summed E-state index contributed by atoms with van der Waals surface area (Å²) in [5, 5.41) is 2.89. The van der Waals surface area contributed by atoms with Gasteiger partial charge in [-0.25, -0.2) is 4.39 Å². The van der Waals surface area contributed by atoms with Crippen LogP contribution >= 0.6 is 0 Å². The number of carbonyl (C=O) groups excluding carboxylic acids is 1. The summed E-state index contributed by atoms with van der Waals surface area (Å²) in [6.45, 7) is 5.41. The van der Waals surface area contributed by atoms with Gasteiger partial charge in [-0.3, -0.25) is 9.69 Å². The Morgan fingerprint density at radius 2 is 1.72 bits per heavy atom. The fourth-order valence-corrected chi connectivity index (χ4v) is 3.24. The summed E-state index contributed by atoms with van der Waals surface area (Å²) in [7, 11) is 0. The number of piperidine rings is 1. The predicted octanol–water partition coefficient (Wildman–Crippen LogP) is 4.05. The van der Waals surface area contributed by atoms with Crippen LogP contribution in [0, 0.1) is 12.7 Å². The van der Waals surface area contributed by atoms with E-state index in [1.165, 1.54) is 44.0 Å². The van der Waals surface area contributed by atoms with Crippen molar-refractivity contribution in [2.24, 2.45) is 0 Å². The molecule has 0 unspecified atom stereocenters. The highest BCUT2D eigenvalue weighted by Gasteiger charge is 2.11. The van der Waals surface area contributed by atoms with E-state index in [4.69, 9.17) is 0 Å². The SMILES string of the molecule is Cc1cc(CNC(=O)c2ccc(CN3CCCCC3)cc2)ccc1F. The highest BCUT2D eigenvalue weighted by Crippen LogP contribution is 2.14. The van der Waals surface area contributed by atoms with Crippen molar-refractivity contribution in [3.63, 3.8) is 0 Å². The first-order valence-corrected chi connectivity index (χ1v) is 8.96. The molecule has 0 aliphatic carbocycles. The quantitative estimate of drug-likeness (QED) is 0.890. The van der Waals surface area contributed by atoms with Crippen LogP contribution in [0.1, 0.15) is 46.3 Å². The number of likely N-dealkylation sites (tertiary alicyclic amines) is 1. The van der Waals surface area contributed by atoms with E-state index in [9.17, 15) is 9.18 Å². The molecule has 0 atom stereocenters. The lowest BCUT2D eigenvalue weighted by Gasteiger charge is -2.26. The lowest BCUT2D eigenvalue weighted by atomic mass is 10.1. The zero-order valence-corrected chi connectivity index (χ0v) is 14.7. The molecule has 3 nitrogen and oxygen atoms in total. The molecule has 4 heteroatoms. The fourth-order valence-electron chi connectivity index (χ4n) is 3.24. The lowest BCUT2D eigenvalue weighted by Crippen LogP contribution is -2.29. The van der Waals surface area contributed by atoms with E-state index >= 15 is 0 Å². The second-order valence-corrected chi connectivity index (χ2v) is 6.80. The minimum atomic E-state index is -0.223. The number of rotatable bonds is 5. The molecule has 132 valence electrons. The van der Waals surface area contributed by atoms with Gasteiger partial charge in [0.25, 0.3) is 5.91 Å². The van der Waals surface area contributed by atoms with Crippen molar-refractivity contribution in [2.75, 3.05) is 13.1 Å². The molecule has 1 fully saturated rings. The van der Waals surface area contributed by atoms with Crippen LogP contribution in [0.25, 0.3) is 0 Å². The zero-order chi connectivity index (χ0) is 17.6. The highest BCUT2D eigenvalue weighted by molar-refractivity contribution is 5.94. The van der Waals surface area contributed by atoms with Crippen LogP contribution in [0.2, 0.25) is 0 Å². The Balaban J connectivity index is 1.54. The Morgan fingerprint density at radius 1 is 1.04 bits per heavy atom. The molecule has 0 bridgehead atoms. The highest BCUT2D eigenvalue weighted by atomic mass is 19.1. The van der Waals surface area contributed by atoms with Gasteiger partial charge in [0.15, 0.2) is 0 Å². The van der Waals surface area contributed by atoms with Crippen LogP contribution in [0.3, 0.4) is 0 Å². The van der Waals surface area contributed by atoms with Gasteiger partial charge < -0.3 is 5.32 Å². The molecule has 1 N–H and O–H groups in total. The number of hydrogen-bond acceptors (Lipinski definition) is 2. The summed E-state index contributed by atoms with van der Waals surface area (Å²) >= 11 is 0. The van der Waals surface area contributed by atoms with Gasteiger partial charge in [-0.2, -0.15) is 0 Å². The molecule has 1 saturated heterocycles. The third kappa shape index (κ3) is 4.89. The minimum Gasteiger partial charge on any atom is -0.348 e. The normalized spacial score (nSPS) is 15.1. The standard InChI is InChI=1S/C21H25FN2O/c1-16-13-18(7-10-20(16)22)14-23-21(25)19-8-5-17(6-9-19)15-24-11-3-2-4-12-24/h5-10,13H,2-4,11-12,14-15H2,1H3,(H,23,25). The molecule has 0 saturated carbocycles. The third-order valence-electron chi connectivity index (χ3n) is 4.75. The van der Waals surface area contributed by atoms with Gasteiger partial charge in [-0.1, -0.05) is 30.7 Å². The molecule has 1 aliphatic rings. The van der Waals surface area contributed by atoms with Crippen LogP contribution in [0.5, 0.6) is 0 Å². The number of carbonyl (C=O) groups is 1. The average Bonchev–Trinajstić information content (AvgIpc) is 2.64. The van der Waals surface area contributed by atoms with Crippen molar-refractivity contribution in [3.05, 3.63) is 70.5 Å². The van der Waals surface area contributed by atoms with Gasteiger partial charge >= 0.3 is 0 Å². The van der Waals surface area contributed by atoms with Crippen LogP contribution in [-0.4, -0.2) is 23.9 Å². The number of halogens is 1. The number of benzene rings is 2. The monoisotopic (exact) mass is 340 g/mol. The molecule has 25 heavy (non-hydrogen) atoms. The maximum Gasteiger partial charge on any atom is 0.251 e. The van der Waals surface area contributed by atoms with Gasteiger partial charge in [0, 0.05) is 18.7 Å². The number of aryl methyl sites for hydroxylation is 1. The molecule has 1 heterocycles. The van der Waals surface area contributed by atoms with E-state index in [2.05, 4.69) is 10.2 Å². The molecule has 0 radical (unpaired) electrons. The maximum atomic E-state index is 13.3. The zero-order valence-electron chi connectivity index (χ0n) is 14.7. The van der Waals surface area contributed by atoms with E-state index in [0.717, 1.165) is 12.1 Å². The number of amides is 1. The molecular weight excluding hydrogens is 315 g/mol. The fraction of sp³-hybridized carbons (Fsp3) is 0.381. The van der Waals surface area contributed by atoms with Crippen molar-refractivity contribution < 1.29 is 9.18 Å². The molecule has 0 aromatic heterocycles. The first-order valence-electron chi connectivity index (χ1n) is 8.96. The Bertz CT molecular complexity index is 721. The number of hydrogen-bond donors (Lipinski definition) is 1. The molecule has 2 aromatic rings. The topological polar surface area (TPSA) is 32.3 Å². The van der Waals surface area contributed by atoms with E-state index in [0.29, 0.717) is 17.7 Å². The molecule has 0 spiro atoms. The summed E-state index contributed by atoms with van der Waals surface area (Å²) in [6.07, 6.45) is 3.90. The summed E-state index contributed by atoms with van der Waals surface area (Å²) < 4.78 is 13.3. The molecule has 1 amide bonds. The van der Waals surface area contributed by atoms with Gasteiger partial charge in [0.2, 0.25) is 0 Å². The lowest BCUT2D eigenvalue weighted by molar-refractivity contribution is 0.0951. The first-order chi connectivity index (χ1) is 12.1. The van der Waals surface area contributed by atoms with Gasteiger partial charge in [-0.05, 0) is 67.7 Å². The van der Waals surface area contributed by atoms with Crippen molar-refractivity contribution in [1.82, 2.24) is 10.2 Å². The Hall–Kier alpha value is -2.20. The van der Waals surface area contributed by atoms with Crippen molar-refractivity contribution >= 4 is 5.91 Å². The van der Waals surface area contributed by atoms with Gasteiger partial charge in [-0.15, -0.1) is 0 Å². The first kappa shape index (κ1) is 17.6. The van der Waals surface area contributed by atoms with Crippen LogP contribution < -0.4 is 5.32 Å². The molecule has 3 rings (SSSR count). The summed E-state index contributed by atoms with van der Waals surface area (Å²) in [6, 6.07) is 12.7. The average molecular weight is 340 g/mol. The van der Waals surface area contributed by atoms with Crippen LogP contribution in [-0.2, 0) is 13.1 Å². The summed E-state index contributed by atoms with van der Waals surface area (Å²) in [5.41, 5.74) is 3.39. The van der Waals surface area contributed by atoms with Crippen LogP contribution in [0.15, 0.2) is 42.5 Å². The maximum absolute atomic E-state index is 13.3. The van der Waals surface area contributed by atoms with Gasteiger partial charge in [0.1, 0.15) is 5.82 Å². The van der Waals surface area contributed by atoms with Crippen molar-refractivity contribution in [3.8, 4) is 0 Å². The van der Waals surface area contributed by atoms with E-state index in [1.54, 1.807) is 19.1 Å². The summed E-state index contributed by atoms with van der Waals surface area (Å²) in [5.74, 6) is -0.328. The Kier molecular flexibility index (Phi) is 5.82. The second kappa shape index (κ2) is 8.26. The number of nitrogens with zero attached hydrogens (tertiary/aromatic N) is 1. The molecule has 1 aliphatic heterocycles. The van der Waals surface area contributed by atoms with E-state index < -0.39 is 0 Å². The second-order valence-electron chi connectivity index (χ2n) is 6.80. The third-order valence-corrected chi connectivity index (χ3v) is 4.75. The van der Waals surface area contributed by atoms with E-state index in [1.807, 2.05) is 24.3 Å². The number of nitrogens with one attached hydrogen (secondary N) is 1. The smallest absolute Gasteiger partial charge is 0.251 e. The van der Waals surface area contributed by atoms with Gasteiger partial charge in [0.05, 0.1) is 0 Å². The molecular formula is C21H25FN2O. The van der Waals surface area contributed by atoms with Crippen molar-refractivity contribution in [1.29, 1.82) is 0 Å². The predicted molar refractivity (Wildman–Crippen MR) is 97.9 cm³/mol. The molecule has 2 aromatic carbocycles. The Morgan fingerprint density at radius 3 is 2.40 bits per heavy atom. The Labute approximate surface area is 148 Å². The summed E-state index contributed by atoms with van der Waals surface area (Å²) in [4.78, 5) is 14.7. The van der Waals surface area contributed by atoms with Crippen LogP contribution in [0.4, 0.5) is 4.39 Å². The minimum absolute atomic E-state index is 0.105.